The van der Waals surface area contributed by atoms with Gasteiger partial charge in [0.2, 0.25) is 0 Å². The Balaban J connectivity index is 3.47. The van der Waals surface area contributed by atoms with Crippen LogP contribution in [0, 0.1) is 11.3 Å². The third-order valence-electron chi connectivity index (χ3n) is 2.18. The molecule has 0 heterocycles. The van der Waals surface area contributed by atoms with Crippen LogP contribution in [0.5, 0.6) is 5.75 Å². The van der Waals surface area contributed by atoms with E-state index in [2.05, 4.69) is 0 Å². The van der Waals surface area contributed by atoms with E-state index < -0.39 is 17.8 Å². The number of rotatable bonds is 4. The second kappa shape index (κ2) is 5.39. The Hall–Kier alpha value is -1.96. The first kappa shape index (κ1) is 13.1. The van der Waals surface area contributed by atoms with E-state index in [1.54, 1.807) is 13.0 Å². The second-order valence-corrected chi connectivity index (χ2v) is 3.33. The summed E-state index contributed by atoms with van der Waals surface area (Å²) in [5.41, 5.74) is -0.915. The maximum atomic E-state index is 12.8. The molecule has 0 aliphatic rings. The summed E-state index contributed by atoms with van der Waals surface area (Å²) in [5.74, 6) is -0.267. The fourth-order valence-corrected chi connectivity index (χ4v) is 1.50. The van der Waals surface area contributed by atoms with Crippen molar-refractivity contribution in [2.75, 3.05) is 6.61 Å². The highest BCUT2D eigenvalue weighted by Crippen LogP contribution is 2.30. The molecule has 3 nitrogen and oxygen atoms in total. The lowest BCUT2D eigenvalue weighted by atomic mass is 9.99. The number of nitrogens with zero attached hydrogens (tertiary/aromatic N) is 1. The van der Waals surface area contributed by atoms with Crippen LogP contribution in [0.25, 0.3) is 0 Å². The molecular formula is C12H11F2NO2. The van der Waals surface area contributed by atoms with Gasteiger partial charge in [-0.1, -0.05) is 0 Å². The van der Waals surface area contributed by atoms with Crippen molar-refractivity contribution in [3.8, 4) is 11.8 Å². The normalized spacial score (nSPS) is 10.1. The first-order valence-corrected chi connectivity index (χ1v) is 5.01. The van der Waals surface area contributed by atoms with E-state index in [9.17, 15) is 13.6 Å². The van der Waals surface area contributed by atoms with Gasteiger partial charge in [-0.2, -0.15) is 5.26 Å². The fraction of sp³-hybridized carbons (Fsp3) is 0.333. The summed E-state index contributed by atoms with van der Waals surface area (Å²) in [6.45, 7) is 3.23. The zero-order valence-electron chi connectivity index (χ0n) is 9.46. The Morgan fingerprint density at radius 1 is 1.53 bits per heavy atom. The standard InChI is InChI=1S/C12H11F2NO2/c1-3-17-9-4-8(6-15)11(12(13)14)10(5-9)7(2)16/h4-5,12H,3H2,1-2H3. The van der Waals surface area contributed by atoms with Gasteiger partial charge in [-0.3, -0.25) is 4.79 Å². The predicted molar refractivity (Wildman–Crippen MR) is 57.3 cm³/mol. The largest absolute Gasteiger partial charge is 0.494 e. The number of hydrogen-bond donors (Lipinski definition) is 0. The van der Waals surface area contributed by atoms with E-state index in [4.69, 9.17) is 10.00 Å². The highest BCUT2D eigenvalue weighted by atomic mass is 19.3. The number of carbonyl (C=O) groups is 1. The molecule has 1 aromatic carbocycles. The summed E-state index contributed by atoms with van der Waals surface area (Å²) in [6, 6.07) is 4.12. The highest BCUT2D eigenvalue weighted by molar-refractivity contribution is 5.96. The minimum absolute atomic E-state index is 0.164. The molecule has 0 unspecified atom stereocenters. The molecule has 0 saturated heterocycles. The highest BCUT2D eigenvalue weighted by Gasteiger charge is 2.22. The summed E-state index contributed by atoms with van der Waals surface area (Å²) >= 11 is 0. The van der Waals surface area contributed by atoms with Crippen molar-refractivity contribution in [3.63, 3.8) is 0 Å². The molecule has 0 spiro atoms. The molecule has 0 aliphatic heterocycles. The minimum atomic E-state index is -2.86. The Bertz CT molecular complexity index is 478. The first-order chi connectivity index (χ1) is 8.01. The molecule has 0 aliphatic carbocycles. The Kier molecular flexibility index (Phi) is 4.16. The van der Waals surface area contributed by atoms with Gasteiger partial charge in [0.05, 0.1) is 18.2 Å². The third kappa shape index (κ3) is 2.78. The van der Waals surface area contributed by atoms with Gasteiger partial charge in [-0.05, 0) is 26.0 Å². The molecule has 90 valence electrons. The van der Waals surface area contributed by atoms with E-state index in [0.29, 0.717) is 6.61 Å². The first-order valence-electron chi connectivity index (χ1n) is 5.01. The minimum Gasteiger partial charge on any atom is -0.494 e. The smallest absolute Gasteiger partial charge is 0.265 e. The van der Waals surface area contributed by atoms with Crippen molar-refractivity contribution in [1.82, 2.24) is 0 Å². The van der Waals surface area contributed by atoms with Crippen LogP contribution in [0.2, 0.25) is 0 Å². The van der Waals surface area contributed by atoms with E-state index in [1.807, 2.05) is 0 Å². The van der Waals surface area contributed by atoms with Crippen molar-refractivity contribution in [1.29, 1.82) is 5.26 Å². The molecule has 0 radical (unpaired) electrons. The lowest BCUT2D eigenvalue weighted by molar-refractivity contribution is 0.0998. The van der Waals surface area contributed by atoms with Crippen LogP contribution >= 0.6 is 0 Å². The summed E-state index contributed by atoms with van der Waals surface area (Å²) in [7, 11) is 0. The summed E-state index contributed by atoms with van der Waals surface area (Å²) in [4.78, 5) is 11.3. The molecule has 0 aromatic heterocycles. The molecule has 0 saturated carbocycles. The van der Waals surface area contributed by atoms with E-state index in [-0.39, 0.29) is 16.9 Å². The number of ketones is 1. The molecule has 17 heavy (non-hydrogen) atoms. The monoisotopic (exact) mass is 239 g/mol. The summed E-state index contributed by atoms with van der Waals surface area (Å²) < 4.78 is 30.7. The van der Waals surface area contributed by atoms with Crippen molar-refractivity contribution >= 4 is 5.78 Å². The van der Waals surface area contributed by atoms with E-state index in [1.165, 1.54) is 19.1 Å². The van der Waals surface area contributed by atoms with Gasteiger partial charge in [-0.15, -0.1) is 0 Å². The maximum Gasteiger partial charge on any atom is 0.265 e. The van der Waals surface area contributed by atoms with E-state index in [0.717, 1.165) is 0 Å². The Morgan fingerprint density at radius 3 is 2.59 bits per heavy atom. The van der Waals surface area contributed by atoms with Gasteiger partial charge in [0, 0.05) is 11.1 Å². The third-order valence-corrected chi connectivity index (χ3v) is 2.18. The molecule has 0 bridgehead atoms. The molecule has 0 atom stereocenters. The van der Waals surface area contributed by atoms with Crippen LogP contribution in [-0.4, -0.2) is 12.4 Å². The van der Waals surface area contributed by atoms with Crippen molar-refractivity contribution in [3.05, 3.63) is 28.8 Å². The zero-order valence-corrected chi connectivity index (χ0v) is 9.46. The number of alkyl halides is 2. The van der Waals surface area contributed by atoms with Crippen molar-refractivity contribution in [2.45, 2.75) is 20.3 Å². The fourth-order valence-electron chi connectivity index (χ4n) is 1.50. The molecule has 0 amide bonds. The summed E-state index contributed by atoms with van der Waals surface area (Å²) in [6.07, 6.45) is -2.86. The Morgan fingerprint density at radius 2 is 2.18 bits per heavy atom. The molecule has 0 fully saturated rings. The topological polar surface area (TPSA) is 50.1 Å². The molecular weight excluding hydrogens is 228 g/mol. The molecule has 1 aromatic rings. The number of halogens is 2. The Labute approximate surface area is 97.6 Å². The average molecular weight is 239 g/mol. The molecule has 0 N–H and O–H groups in total. The number of Topliss-reactive ketones (excluding diaryl/α,β-unsaturated/α-hetero) is 1. The van der Waals surface area contributed by atoms with Gasteiger partial charge >= 0.3 is 0 Å². The van der Waals surface area contributed by atoms with Gasteiger partial charge in [0.15, 0.2) is 5.78 Å². The van der Waals surface area contributed by atoms with Crippen LogP contribution in [0.15, 0.2) is 12.1 Å². The quantitative estimate of drug-likeness (QED) is 0.758. The van der Waals surface area contributed by atoms with Crippen LogP contribution in [0.4, 0.5) is 8.78 Å². The van der Waals surface area contributed by atoms with Gasteiger partial charge in [-0.25, -0.2) is 8.78 Å². The second-order valence-electron chi connectivity index (χ2n) is 3.33. The summed E-state index contributed by atoms with van der Waals surface area (Å²) in [5, 5.41) is 8.82. The lowest BCUT2D eigenvalue weighted by Crippen LogP contribution is -2.05. The predicted octanol–water partition coefficient (Wildman–Crippen LogP) is 3.10. The average Bonchev–Trinajstić information content (AvgIpc) is 2.27. The number of benzene rings is 1. The zero-order chi connectivity index (χ0) is 13.0. The van der Waals surface area contributed by atoms with Gasteiger partial charge in [0.25, 0.3) is 6.43 Å². The number of carbonyl (C=O) groups excluding carboxylic acids is 1. The van der Waals surface area contributed by atoms with Crippen molar-refractivity contribution < 1.29 is 18.3 Å². The molecule has 1 rings (SSSR count). The van der Waals surface area contributed by atoms with Crippen molar-refractivity contribution in [2.24, 2.45) is 0 Å². The van der Waals surface area contributed by atoms with E-state index >= 15 is 0 Å². The lowest BCUT2D eigenvalue weighted by Gasteiger charge is -2.11. The number of hydrogen-bond acceptors (Lipinski definition) is 3. The van der Waals surface area contributed by atoms with Crippen LogP contribution in [-0.2, 0) is 0 Å². The van der Waals surface area contributed by atoms with Crippen LogP contribution < -0.4 is 4.74 Å². The molecule has 5 heteroatoms. The maximum absolute atomic E-state index is 12.8. The van der Waals surface area contributed by atoms with Gasteiger partial charge < -0.3 is 4.74 Å². The van der Waals surface area contributed by atoms with Crippen LogP contribution in [0.3, 0.4) is 0 Å². The van der Waals surface area contributed by atoms with Gasteiger partial charge in [0.1, 0.15) is 5.75 Å². The number of ether oxygens (including phenoxy) is 1. The van der Waals surface area contributed by atoms with Crippen LogP contribution in [0.1, 0.15) is 41.8 Å². The SMILES string of the molecule is CCOc1cc(C#N)c(C(F)F)c(C(C)=O)c1. The number of nitriles is 1.